The summed E-state index contributed by atoms with van der Waals surface area (Å²) in [4.78, 5) is 32.6. The van der Waals surface area contributed by atoms with E-state index in [1.54, 1.807) is 11.1 Å². The van der Waals surface area contributed by atoms with E-state index in [0.29, 0.717) is 32.4 Å². The summed E-state index contributed by atoms with van der Waals surface area (Å²) in [5.74, 6) is 0.128. The predicted molar refractivity (Wildman–Crippen MR) is 103 cm³/mol. The molecule has 28 heavy (non-hydrogen) atoms. The Morgan fingerprint density at radius 3 is 2.75 bits per heavy atom. The Balaban J connectivity index is 1.30. The lowest BCUT2D eigenvalue weighted by atomic mass is 9.85. The zero-order valence-corrected chi connectivity index (χ0v) is 16.0. The molecule has 5 heterocycles. The van der Waals surface area contributed by atoms with Crippen LogP contribution in [0.1, 0.15) is 38.5 Å². The van der Waals surface area contributed by atoms with Crippen LogP contribution >= 0.6 is 0 Å². The van der Waals surface area contributed by atoms with Crippen LogP contribution in [0.25, 0.3) is 10.9 Å². The van der Waals surface area contributed by atoms with Gasteiger partial charge >= 0.3 is 0 Å². The molecule has 2 aromatic rings. The number of hydrogen-bond donors (Lipinski definition) is 1. The van der Waals surface area contributed by atoms with E-state index in [0.717, 1.165) is 30.2 Å². The fourth-order valence-corrected chi connectivity index (χ4v) is 5.46. The van der Waals surface area contributed by atoms with E-state index >= 15 is 0 Å². The van der Waals surface area contributed by atoms with Crippen molar-refractivity contribution in [2.24, 2.45) is 0 Å². The van der Waals surface area contributed by atoms with Crippen molar-refractivity contribution in [3.8, 4) is 0 Å². The molecular formula is C21H26N4O3. The summed E-state index contributed by atoms with van der Waals surface area (Å²) in [7, 11) is 0. The molecule has 3 aliphatic heterocycles. The van der Waals surface area contributed by atoms with Crippen LogP contribution < -0.4 is 0 Å². The molecule has 148 valence electrons. The molecule has 0 saturated carbocycles. The van der Waals surface area contributed by atoms with E-state index in [9.17, 15) is 14.7 Å². The van der Waals surface area contributed by atoms with Gasteiger partial charge in [0.25, 0.3) is 0 Å². The molecule has 0 spiro atoms. The van der Waals surface area contributed by atoms with E-state index in [2.05, 4.69) is 9.55 Å². The molecule has 7 nitrogen and oxygen atoms in total. The number of carbonyl (C=O) groups is 2. The summed E-state index contributed by atoms with van der Waals surface area (Å²) in [6.07, 6.45) is 10.0. The van der Waals surface area contributed by atoms with Gasteiger partial charge in [-0.25, -0.2) is 0 Å². The fraction of sp³-hybridized carbons (Fsp3) is 0.571. The number of aromatic nitrogens is 2. The molecule has 0 radical (unpaired) electrons. The third-order valence-corrected chi connectivity index (χ3v) is 6.68. The molecule has 2 atom stereocenters. The average molecular weight is 382 g/mol. The normalized spacial score (nSPS) is 29.8. The van der Waals surface area contributed by atoms with Crippen LogP contribution in [0, 0.1) is 0 Å². The van der Waals surface area contributed by atoms with Crippen LogP contribution in [0.4, 0.5) is 0 Å². The quantitative estimate of drug-likeness (QED) is 0.870. The number of likely N-dealkylation sites (tertiary alicyclic amines) is 1. The Bertz CT molecular complexity index is 909. The number of piperidine rings is 1. The van der Waals surface area contributed by atoms with Crippen LogP contribution in [-0.4, -0.2) is 67.0 Å². The summed E-state index contributed by atoms with van der Waals surface area (Å²) in [6.45, 7) is 1.40. The predicted octanol–water partition coefficient (Wildman–Crippen LogP) is 1.54. The van der Waals surface area contributed by atoms with Gasteiger partial charge in [-0.15, -0.1) is 0 Å². The molecule has 3 saturated heterocycles. The highest BCUT2D eigenvalue weighted by Gasteiger charge is 2.49. The van der Waals surface area contributed by atoms with Crippen molar-refractivity contribution in [3.05, 3.63) is 30.7 Å². The maximum absolute atomic E-state index is 12.9. The van der Waals surface area contributed by atoms with Crippen molar-refractivity contribution in [3.63, 3.8) is 0 Å². The van der Waals surface area contributed by atoms with E-state index < -0.39 is 5.60 Å². The van der Waals surface area contributed by atoms with Gasteiger partial charge in [-0.05, 0) is 44.2 Å². The second-order valence-electron chi connectivity index (χ2n) is 8.62. The number of amides is 2. The van der Waals surface area contributed by atoms with E-state index in [4.69, 9.17) is 0 Å². The van der Waals surface area contributed by atoms with Gasteiger partial charge in [-0.2, -0.15) is 0 Å². The number of rotatable bonds is 4. The maximum Gasteiger partial charge on any atom is 0.242 e. The Morgan fingerprint density at radius 1 is 1.25 bits per heavy atom. The maximum atomic E-state index is 12.9. The fourth-order valence-electron chi connectivity index (χ4n) is 5.46. The molecule has 1 N–H and O–H groups in total. The zero-order chi connectivity index (χ0) is 19.3. The first-order chi connectivity index (χ1) is 13.5. The first-order valence-electron chi connectivity index (χ1n) is 10.2. The van der Waals surface area contributed by atoms with Gasteiger partial charge in [0.05, 0.1) is 30.4 Å². The highest BCUT2D eigenvalue weighted by Crippen LogP contribution is 2.42. The molecule has 2 aromatic heterocycles. The lowest BCUT2D eigenvalue weighted by Crippen LogP contribution is -2.56. The Hall–Kier alpha value is -2.41. The molecule has 2 bridgehead atoms. The summed E-state index contributed by atoms with van der Waals surface area (Å²) < 4.78 is 2.07. The second-order valence-corrected chi connectivity index (χ2v) is 8.62. The van der Waals surface area contributed by atoms with Crippen molar-refractivity contribution >= 4 is 22.7 Å². The van der Waals surface area contributed by atoms with Crippen LogP contribution in [-0.2, 0) is 16.1 Å². The molecular weight excluding hydrogens is 356 g/mol. The molecule has 0 unspecified atom stereocenters. The topological polar surface area (TPSA) is 78.7 Å². The second kappa shape index (κ2) is 6.58. The minimum absolute atomic E-state index is 0.0420. The average Bonchev–Trinajstić information content (AvgIpc) is 3.33. The lowest BCUT2D eigenvalue weighted by molar-refractivity contribution is -0.146. The smallest absolute Gasteiger partial charge is 0.242 e. The summed E-state index contributed by atoms with van der Waals surface area (Å²) in [5.41, 5.74) is 0.197. The Morgan fingerprint density at radius 2 is 2.04 bits per heavy atom. The molecule has 7 heteroatoms. The van der Waals surface area contributed by atoms with Crippen LogP contribution in [0.2, 0.25) is 0 Å². The van der Waals surface area contributed by atoms with Crippen molar-refractivity contribution in [2.75, 3.05) is 13.1 Å². The molecule has 3 fully saturated rings. The number of carbonyl (C=O) groups excluding carboxylic acids is 2. The first kappa shape index (κ1) is 17.7. The molecule has 0 aliphatic carbocycles. The Kier molecular flexibility index (Phi) is 4.16. The minimum atomic E-state index is -0.826. The molecule has 2 amide bonds. The largest absolute Gasteiger partial charge is 0.388 e. The summed E-state index contributed by atoms with van der Waals surface area (Å²) in [6, 6.07) is 4.14. The van der Waals surface area contributed by atoms with Gasteiger partial charge in [0, 0.05) is 42.8 Å². The monoisotopic (exact) mass is 382 g/mol. The number of aliphatic hydroxyl groups is 1. The molecule has 0 aromatic carbocycles. The van der Waals surface area contributed by atoms with Gasteiger partial charge < -0.3 is 19.5 Å². The first-order valence-corrected chi connectivity index (χ1v) is 10.2. The lowest BCUT2D eigenvalue weighted by Gasteiger charge is -2.44. The standard InChI is InChI=1S/C21H26N4O3/c26-19-2-1-8-23(19)13-20(27)25-16-3-4-17(25)11-21(28,10-16)14-24-9-6-15-5-7-22-12-18(15)24/h5-7,9,12,16-17,28H,1-4,8,10-11,13-14H2/t16-,17-/m1/s1. The number of hydrogen-bond acceptors (Lipinski definition) is 4. The van der Waals surface area contributed by atoms with Gasteiger partial charge in [0.15, 0.2) is 0 Å². The van der Waals surface area contributed by atoms with Gasteiger partial charge in [0.1, 0.15) is 0 Å². The van der Waals surface area contributed by atoms with Gasteiger partial charge in [-0.1, -0.05) is 0 Å². The van der Waals surface area contributed by atoms with Crippen LogP contribution in [0.15, 0.2) is 30.7 Å². The summed E-state index contributed by atoms with van der Waals surface area (Å²) in [5, 5.41) is 12.5. The molecule has 5 rings (SSSR count). The van der Waals surface area contributed by atoms with Crippen molar-refractivity contribution in [1.82, 2.24) is 19.4 Å². The third kappa shape index (κ3) is 2.98. The van der Waals surface area contributed by atoms with Crippen LogP contribution in [0.5, 0.6) is 0 Å². The number of fused-ring (bicyclic) bond motifs is 3. The number of pyridine rings is 1. The summed E-state index contributed by atoms with van der Waals surface area (Å²) >= 11 is 0. The van der Waals surface area contributed by atoms with Crippen molar-refractivity contribution in [2.45, 2.75) is 62.8 Å². The van der Waals surface area contributed by atoms with Crippen molar-refractivity contribution < 1.29 is 14.7 Å². The minimum Gasteiger partial charge on any atom is -0.388 e. The van der Waals surface area contributed by atoms with Crippen molar-refractivity contribution in [1.29, 1.82) is 0 Å². The zero-order valence-electron chi connectivity index (χ0n) is 16.0. The molecule has 3 aliphatic rings. The van der Waals surface area contributed by atoms with Gasteiger partial charge in [-0.3, -0.25) is 14.6 Å². The highest BCUT2D eigenvalue weighted by atomic mass is 16.3. The number of nitrogens with zero attached hydrogens (tertiary/aromatic N) is 4. The van der Waals surface area contributed by atoms with E-state index in [1.165, 1.54) is 0 Å². The highest BCUT2D eigenvalue weighted by molar-refractivity contribution is 5.86. The SMILES string of the molecule is O=C1CCCN1CC(=O)N1[C@@H]2CC[C@@H]1CC(O)(Cn1ccc3ccncc31)C2. The third-order valence-electron chi connectivity index (χ3n) is 6.68. The van der Waals surface area contributed by atoms with Gasteiger partial charge in [0.2, 0.25) is 11.8 Å². The Labute approximate surface area is 163 Å². The van der Waals surface area contributed by atoms with Crippen LogP contribution in [0.3, 0.4) is 0 Å². The van der Waals surface area contributed by atoms with E-state index in [1.807, 2.05) is 29.4 Å². The van der Waals surface area contributed by atoms with E-state index in [-0.39, 0.29) is 30.4 Å².